The first-order chi connectivity index (χ1) is 3.00. The third-order valence-electron chi connectivity index (χ3n) is 1.32. The van der Waals surface area contributed by atoms with Gasteiger partial charge in [-0.1, -0.05) is 0 Å². The third-order valence-corrected chi connectivity index (χ3v) is 2.95. The van der Waals surface area contributed by atoms with E-state index >= 15 is 0 Å². The minimum atomic E-state index is 0.905. The van der Waals surface area contributed by atoms with E-state index in [4.69, 9.17) is 0 Å². The summed E-state index contributed by atoms with van der Waals surface area (Å²) in [7, 11) is 0. The SMILES string of the molecule is C1C[CH2][Al+][CH2]C1. The number of rotatable bonds is 0. The van der Waals surface area contributed by atoms with Crippen molar-refractivity contribution in [1.82, 2.24) is 0 Å². The normalized spacial score (nSPS) is 21.3. The van der Waals surface area contributed by atoms with Gasteiger partial charge in [0.1, 0.15) is 0 Å². The van der Waals surface area contributed by atoms with Crippen LogP contribution in [-0.4, -0.2) is 15.2 Å². The minimum absolute atomic E-state index is 0.905. The van der Waals surface area contributed by atoms with Crippen molar-refractivity contribution >= 4 is 15.2 Å². The Morgan fingerprint density at radius 3 is 1.67 bits per heavy atom. The molecule has 0 unspecified atom stereocenters. The summed E-state index contributed by atoms with van der Waals surface area (Å²) in [6, 6.07) is 0. The van der Waals surface area contributed by atoms with Gasteiger partial charge in [-0.2, -0.15) is 0 Å². The zero-order chi connectivity index (χ0) is 4.24. The summed E-state index contributed by atoms with van der Waals surface area (Å²) < 4.78 is 0. The van der Waals surface area contributed by atoms with Gasteiger partial charge in [0.2, 0.25) is 0 Å². The Hall–Kier alpha value is 0.532. The van der Waals surface area contributed by atoms with E-state index in [1.54, 1.807) is 10.6 Å². The topological polar surface area (TPSA) is 0 Å². The molecule has 1 aliphatic rings. The van der Waals surface area contributed by atoms with Gasteiger partial charge >= 0.3 is 45.0 Å². The van der Waals surface area contributed by atoms with Crippen molar-refractivity contribution in [1.29, 1.82) is 0 Å². The Kier molecular flexibility index (Phi) is 2.08. The Morgan fingerprint density at radius 1 is 0.833 bits per heavy atom. The van der Waals surface area contributed by atoms with E-state index in [0.717, 1.165) is 15.2 Å². The molecule has 0 radical (unpaired) electrons. The molecule has 1 aliphatic heterocycles. The van der Waals surface area contributed by atoms with Crippen LogP contribution in [0.3, 0.4) is 0 Å². The van der Waals surface area contributed by atoms with Gasteiger partial charge in [0.15, 0.2) is 0 Å². The Balaban J connectivity index is 2.00. The van der Waals surface area contributed by atoms with Gasteiger partial charge in [-0.05, 0) is 0 Å². The van der Waals surface area contributed by atoms with E-state index in [9.17, 15) is 0 Å². The first-order valence-electron chi connectivity index (χ1n) is 2.82. The molecule has 0 aromatic rings. The van der Waals surface area contributed by atoms with Gasteiger partial charge in [0.25, 0.3) is 0 Å². The molecule has 1 saturated heterocycles. The van der Waals surface area contributed by atoms with E-state index in [1.807, 2.05) is 0 Å². The molecule has 0 aromatic heterocycles. The molecule has 32 valence electrons. The van der Waals surface area contributed by atoms with E-state index in [0.29, 0.717) is 0 Å². The monoisotopic (exact) mass is 97.1 g/mol. The molecule has 0 nitrogen and oxygen atoms in total. The summed E-state index contributed by atoms with van der Waals surface area (Å²) in [6.07, 6.45) is 4.59. The van der Waals surface area contributed by atoms with Crippen LogP contribution in [0, 0.1) is 0 Å². The van der Waals surface area contributed by atoms with Gasteiger partial charge in [0.05, 0.1) is 0 Å². The third kappa shape index (κ3) is 1.33. The van der Waals surface area contributed by atoms with Crippen molar-refractivity contribution in [3.8, 4) is 0 Å². The Bertz CT molecular complexity index is 19.4. The summed E-state index contributed by atoms with van der Waals surface area (Å²) in [5.41, 5.74) is 0. The van der Waals surface area contributed by atoms with E-state index in [1.165, 1.54) is 19.3 Å². The van der Waals surface area contributed by atoms with Crippen LogP contribution in [-0.2, 0) is 0 Å². The van der Waals surface area contributed by atoms with Crippen LogP contribution in [0.15, 0.2) is 0 Å². The fourth-order valence-corrected chi connectivity index (χ4v) is 2.34. The molecule has 6 heavy (non-hydrogen) atoms. The molecule has 1 heteroatoms. The van der Waals surface area contributed by atoms with Crippen LogP contribution in [0.25, 0.3) is 0 Å². The molecule has 0 bridgehead atoms. The van der Waals surface area contributed by atoms with Crippen molar-refractivity contribution < 1.29 is 0 Å². The second-order valence-electron chi connectivity index (χ2n) is 1.93. The van der Waals surface area contributed by atoms with Gasteiger partial charge in [0, 0.05) is 0 Å². The van der Waals surface area contributed by atoms with Gasteiger partial charge in [-0.3, -0.25) is 0 Å². The molecule has 0 aliphatic carbocycles. The van der Waals surface area contributed by atoms with Crippen molar-refractivity contribution in [2.24, 2.45) is 0 Å². The second-order valence-corrected chi connectivity index (χ2v) is 3.66. The molecule has 0 N–H and O–H groups in total. The summed E-state index contributed by atoms with van der Waals surface area (Å²) in [5.74, 6) is 0. The second kappa shape index (κ2) is 2.66. The first kappa shape index (κ1) is 4.69. The van der Waals surface area contributed by atoms with Crippen LogP contribution in [0.2, 0.25) is 10.6 Å². The fraction of sp³-hybridized carbons (Fsp3) is 1.00. The molecule has 0 spiro atoms. The van der Waals surface area contributed by atoms with Gasteiger partial charge < -0.3 is 0 Å². The van der Waals surface area contributed by atoms with Gasteiger partial charge in [-0.25, -0.2) is 0 Å². The van der Waals surface area contributed by atoms with E-state index < -0.39 is 0 Å². The quantitative estimate of drug-likeness (QED) is 0.404. The van der Waals surface area contributed by atoms with Crippen LogP contribution < -0.4 is 0 Å². The Morgan fingerprint density at radius 2 is 1.50 bits per heavy atom. The number of hydrogen-bond donors (Lipinski definition) is 0. The average Bonchev–Trinajstić information content (AvgIpc) is 1.72. The number of hydrogen-bond acceptors (Lipinski definition) is 0. The fourth-order valence-electron chi connectivity index (χ4n) is 0.898. The maximum atomic E-state index is 1.58. The molecule has 0 saturated carbocycles. The summed E-state index contributed by atoms with van der Waals surface area (Å²) >= 11 is 0.905. The maximum absolute atomic E-state index is 1.58. The molecule has 1 heterocycles. The van der Waals surface area contributed by atoms with Crippen molar-refractivity contribution in [3.63, 3.8) is 0 Å². The molecule has 0 aromatic carbocycles. The molecular weight excluding hydrogens is 87.0 g/mol. The van der Waals surface area contributed by atoms with Crippen LogP contribution >= 0.6 is 0 Å². The predicted molar refractivity (Wildman–Crippen MR) is 29.2 cm³/mol. The molecule has 1 rings (SSSR count). The van der Waals surface area contributed by atoms with E-state index in [-0.39, 0.29) is 0 Å². The standard InChI is InChI=1S/C5H10.Al/c1-3-5-4-2;/h1-5H2;/q;+1. The zero-order valence-electron chi connectivity index (χ0n) is 4.11. The molecule has 1 fully saturated rings. The van der Waals surface area contributed by atoms with Crippen molar-refractivity contribution in [3.05, 3.63) is 0 Å². The molecule has 0 atom stereocenters. The molecule has 0 amide bonds. The van der Waals surface area contributed by atoms with E-state index in [2.05, 4.69) is 0 Å². The van der Waals surface area contributed by atoms with Crippen LogP contribution in [0.5, 0.6) is 0 Å². The first-order valence-corrected chi connectivity index (χ1v) is 4.45. The van der Waals surface area contributed by atoms with Crippen LogP contribution in [0.1, 0.15) is 19.3 Å². The predicted octanol–water partition coefficient (Wildman–Crippen LogP) is 1.71. The van der Waals surface area contributed by atoms with Crippen molar-refractivity contribution in [2.45, 2.75) is 29.8 Å². The van der Waals surface area contributed by atoms with Crippen LogP contribution in [0.4, 0.5) is 0 Å². The summed E-state index contributed by atoms with van der Waals surface area (Å²) in [4.78, 5) is 0. The van der Waals surface area contributed by atoms with Gasteiger partial charge in [-0.15, -0.1) is 0 Å². The summed E-state index contributed by atoms with van der Waals surface area (Å²) in [6.45, 7) is 0. The molecular formula is C5H10Al+. The van der Waals surface area contributed by atoms with Crippen molar-refractivity contribution in [2.75, 3.05) is 0 Å². The average molecular weight is 97.1 g/mol. The Labute approximate surface area is 45.6 Å². The summed E-state index contributed by atoms with van der Waals surface area (Å²) in [5, 5.41) is 3.17. The zero-order valence-corrected chi connectivity index (χ0v) is 5.27.